The van der Waals surface area contributed by atoms with Gasteiger partial charge < -0.3 is 15.7 Å². The van der Waals surface area contributed by atoms with Gasteiger partial charge in [0.25, 0.3) is 0 Å². The Morgan fingerprint density at radius 3 is 2.50 bits per heavy atom. The van der Waals surface area contributed by atoms with Gasteiger partial charge in [-0.1, -0.05) is 22.9 Å². The zero-order valence-corrected chi connectivity index (χ0v) is 12.2. The number of nitrogens with one attached hydrogen (secondary N) is 2. The highest BCUT2D eigenvalue weighted by Crippen LogP contribution is 2.13. The van der Waals surface area contributed by atoms with Gasteiger partial charge in [0.05, 0.1) is 6.54 Å². The molecule has 100 valence electrons. The zero-order chi connectivity index (χ0) is 13.5. The summed E-state index contributed by atoms with van der Waals surface area (Å²) < 4.78 is 0.976. The standard InChI is InChI=1S/C13H19BrN2O2/c1-9(8-17)10(2)15-7-13(18)16-12-5-3-11(14)4-6-12/h3-6,9-10,15,17H,7-8H2,1-2H3,(H,16,18). The molecule has 0 heterocycles. The molecule has 0 fully saturated rings. The van der Waals surface area contributed by atoms with Gasteiger partial charge in [-0.25, -0.2) is 0 Å². The van der Waals surface area contributed by atoms with Crippen LogP contribution in [0.3, 0.4) is 0 Å². The second-order valence-electron chi connectivity index (χ2n) is 4.38. The van der Waals surface area contributed by atoms with E-state index in [2.05, 4.69) is 26.6 Å². The number of aliphatic hydroxyl groups is 1. The Morgan fingerprint density at radius 2 is 1.94 bits per heavy atom. The SMILES string of the molecule is CC(CO)C(C)NCC(=O)Nc1ccc(Br)cc1. The van der Waals surface area contributed by atoms with Gasteiger partial charge >= 0.3 is 0 Å². The highest BCUT2D eigenvalue weighted by atomic mass is 79.9. The third-order valence-electron chi connectivity index (χ3n) is 2.85. The van der Waals surface area contributed by atoms with Crippen molar-refractivity contribution >= 4 is 27.5 Å². The zero-order valence-electron chi connectivity index (χ0n) is 10.6. The highest BCUT2D eigenvalue weighted by molar-refractivity contribution is 9.10. The molecule has 1 amide bonds. The Labute approximate surface area is 116 Å². The molecule has 2 atom stereocenters. The lowest BCUT2D eigenvalue weighted by atomic mass is 10.1. The first kappa shape index (κ1) is 15.1. The minimum absolute atomic E-state index is 0.0886. The summed E-state index contributed by atoms with van der Waals surface area (Å²) in [5, 5.41) is 14.9. The molecule has 5 heteroatoms. The van der Waals surface area contributed by atoms with Gasteiger partial charge in [-0.3, -0.25) is 4.79 Å². The Morgan fingerprint density at radius 1 is 1.33 bits per heavy atom. The molecule has 18 heavy (non-hydrogen) atoms. The number of halogens is 1. The summed E-state index contributed by atoms with van der Waals surface area (Å²) in [6.07, 6.45) is 0. The Hall–Kier alpha value is -0.910. The van der Waals surface area contributed by atoms with Crippen molar-refractivity contribution in [3.05, 3.63) is 28.7 Å². The quantitative estimate of drug-likeness (QED) is 0.752. The van der Waals surface area contributed by atoms with E-state index in [1.165, 1.54) is 0 Å². The molecule has 4 nitrogen and oxygen atoms in total. The Kier molecular flexibility index (Phi) is 6.32. The third-order valence-corrected chi connectivity index (χ3v) is 3.38. The minimum atomic E-state index is -0.0886. The minimum Gasteiger partial charge on any atom is -0.396 e. The molecule has 3 N–H and O–H groups in total. The van der Waals surface area contributed by atoms with Crippen molar-refractivity contribution in [1.29, 1.82) is 0 Å². The molecule has 0 aliphatic rings. The first-order chi connectivity index (χ1) is 8.52. The first-order valence-electron chi connectivity index (χ1n) is 5.92. The molecular weight excluding hydrogens is 296 g/mol. The van der Waals surface area contributed by atoms with Gasteiger partial charge in [0.1, 0.15) is 0 Å². The number of amides is 1. The summed E-state index contributed by atoms with van der Waals surface area (Å²) in [6, 6.07) is 7.52. The Bertz CT molecular complexity index is 381. The smallest absolute Gasteiger partial charge is 0.238 e. The number of anilines is 1. The molecule has 0 aliphatic carbocycles. The van der Waals surface area contributed by atoms with Crippen molar-refractivity contribution in [1.82, 2.24) is 5.32 Å². The first-order valence-corrected chi connectivity index (χ1v) is 6.72. The number of aliphatic hydroxyl groups excluding tert-OH is 1. The van der Waals surface area contributed by atoms with Crippen LogP contribution < -0.4 is 10.6 Å². The fourth-order valence-corrected chi connectivity index (χ4v) is 1.62. The molecule has 1 rings (SSSR count). The van der Waals surface area contributed by atoms with Crippen LogP contribution in [0.4, 0.5) is 5.69 Å². The number of hydrogen-bond acceptors (Lipinski definition) is 3. The van der Waals surface area contributed by atoms with Gasteiger partial charge in [0.15, 0.2) is 0 Å². The van der Waals surface area contributed by atoms with Crippen molar-refractivity contribution in [2.45, 2.75) is 19.9 Å². The number of carbonyl (C=O) groups excluding carboxylic acids is 1. The molecule has 0 aromatic heterocycles. The van der Waals surface area contributed by atoms with E-state index in [9.17, 15) is 4.79 Å². The third kappa shape index (κ3) is 5.16. The lowest BCUT2D eigenvalue weighted by Gasteiger charge is -2.18. The van der Waals surface area contributed by atoms with Gasteiger partial charge in [-0.2, -0.15) is 0 Å². The molecule has 0 radical (unpaired) electrons. The summed E-state index contributed by atoms with van der Waals surface area (Å²) in [7, 11) is 0. The summed E-state index contributed by atoms with van der Waals surface area (Å²) >= 11 is 3.34. The molecule has 0 saturated carbocycles. The van der Waals surface area contributed by atoms with Gasteiger partial charge in [-0.05, 0) is 37.1 Å². The van der Waals surface area contributed by atoms with Crippen LogP contribution in [0.2, 0.25) is 0 Å². The van der Waals surface area contributed by atoms with Crippen LogP contribution in [-0.4, -0.2) is 30.2 Å². The van der Waals surface area contributed by atoms with Crippen molar-refractivity contribution in [2.24, 2.45) is 5.92 Å². The maximum atomic E-state index is 11.7. The van der Waals surface area contributed by atoms with E-state index in [0.717, 1.165) is 10.2 Å². The predicted molar refractivity (Wildman–Crippen MR) is 76.5 cm³/mol. The van der Waals surface area contributed by atoms with Crippen LogP contribution >= 0.6 is 15.9 Å². The molecule has 1 aromatic rings. The average Bonchev–Trinajstić information content (AvgIpc) is 2.37. The molecule has 0 saturated heterocycles. The van der Waals surface area contributed by atoms with Crippen LogP contribution in [0.1, 0.15) is 13.8 Å². The van der Waals surface area contributed by atoms with Crippen molar-refractivity contribution in [3.8, 4) is 0 Å². The monoisotopic (exact) mass is 314 g/mol. The lowest BCUT2D eigenvalue weighted by Crippen LogP contribution is -2.39. The van der Waals surface area contributed by atoms with Crippen LogP contribution in [0.15, 0.2) is 28.7 Å². The van der Waals surface area contributed by atoms with Crippen LogP contribution in [-0.2, 0) is 4.79 Å². The topological polar surface area (TPSA) is 61.4 Å². The molecular formula is C13H19BrN2O2. The fraction of sp³-hybridized carbons (Fsp3) is 0.462. The van der Waals surface area contributed by atoms with Gasteiger partial charge in [-0.15, -0.1) is 0 Å². The highest BCUT2D eigenvalue weighted by Gasteiger charge is 2.11. The number of benzene rings is 1. The number of rotatable bonds is 6. The fourth-order valence-electron chi connectivity index (χ4n) is 1.35. The molecule has 0 spiro atoms. The van der Waals surface area contributed by atoms with Crippen molar-refractivity contribution in [3.63, 3.8) is 0 Å². The number of hydrogen-bond donors (Lipinski definition) is 3. The van der Waals surface area contributed by atoms with E-state index in [-0.39, 0.29) is 31.0 Å². The van der Waals surface area contributed by atoms with E-state index >= 15 is 0 Å². The molecule has 1 aromatic carbocycles. The van der Waals surface area contributed by atoms with Gasteiger partial charge in [0, 0.05) is 22.8 Å². The molecule has 0 bridgehead atoms. The summed E-state index contributed by atoms with van der Waals surface area (Å²) in [4.78, 5) is 11.7. The maximum Gasteiger partial charge on any atom is 0.238 e. The summed E-state index contributed by atoms with van der Waals surface area (Å²) in [5.74, 6) is 0.0415. The number of carbonyl (C=O) groups is 1. The van der Waals surface area contributed by atoms with Crippen LogP contribution in [0, 0.1) is 5.92 Å². The second kappa shape index (κ2) is 7.51. The van der Waals surface area contributed by atoms with Crippen LogP contribution in [0.25, 0.3) is 0 Å². The molecule has 2 unspecified atom stereocenters. The summed E-state index contributed by atoms with van der Waals surface area (Å²) in [5.41, 5.74) is 0.771. The largest absolute Gasteiger partial charge is 0.396 e. The van der Waals surface area contributed by atoms with E-state index in [1.54, 1.807) is 0 Å². The normalized spacial score (nSPS) is 14.0. The second-order valence-corrected chi connectivity index (χ2v) is 5.30. The van der Waals surface area contributed by atoms with E-state index in [0.29, 0.717) is 0 Å². The lowest BCUT2D eigenvalue weighted by molar-refractivity contribution is -0.115. The van der Waals surface area contributed by atoms with Crippen LogP contribution in [0.5, 0.6) is 0 Å². The van der Waals surface area contributed by atoms with E-state index < -0.39 is 0 Å². The van der Waals surface area contributed by atoms with Crippen molar-refractivity contribution in [2.75, 3.05) is 18.5 Å². The van der Waals surface area contributed by atoms with Gasteiger partial charge in [0.2, 0.25) is 5.91 Å². The van der Waals surface area contributed by atoms with Crippen molar-refractivity contribution < 1.29 is 9.90 Å². The maximum absolute atomic E-state index is 11.7. The van der Waals surface area contributed by atoms with E-state index in [4.69, 9.17) is 5.11 Å². The Balaban J connectivity index is 2.36. The van der Waals surface area contributed by atoms with E-state index in [1.807, 2.05) is 38.1 Å². The molecule has 0 aliphatic heterocycles. The summed E-state index contributed by atoms with van der Waals surface area (Å²) in [6.45, 7) is 4.24. The predicted octanol–water partition coefficient (Wildman–Crippen LogP) is 1.99. The average molecular weight is 315 g/mol.